The number of nitrogens with two attached hydrogens (primary N) is 2. The Bertz CT molecular complexity index is 1240. The maximum absolute atomic E-state index is 13.9. The lowest BCUT2D eigenvalue weighted by molar-refractivity contribution is 0.513. The van der Waals surface area contributed by atoms with Gasteiger partial charge in [0.1, 0.15) is 11.6 Å². The van der Waals surface area contributed by atoms with E-state index in [2.05, 4.69) is 15.4 Å². The van der Waals surface area contributed by atoms with Gasteiger partial charge in [0.05, 0.1) is 4.90 Å². The molecular formula is C14H12F2N6O4S2. The summed E-state index contributed by atoms with van der Waals surface area (Å²) in [5.41, 5.74) is 5.81. The van der Waals surface area contributed by atoms with Gasteiger partial charge in [0.25, 0.3) is 10.0 Å². The number of nitrogens with one attached hydrogen (secondary N) is 1. The summed E-state index contributed by atoms with van der Waals surface area (Å²) in [5.74, 6) is -3.58. The van der Waals surface area contributed by atoms with Gasteiger partial charge in [0, 0.05) is 5.69 Å². The molecule has 3 rings (SSSR count). The van der Waals surface area contributed by atoms with E-state index in [0.717, 1.165) is 18.2 Å². The molecule has 0 bridgehead atoms. The van der Waals surface area contributed by atoms with E-state index in [-0.39, 0.29) is 20.6 Å². The van der Waals surface area contributed by atoms with Gasteiger partial charge in [0.2, 0.25) is 21.9 Å². The topological polar surface area (TPSA) is 163 Å². The molecule has 0 atom stereocenters. The van der Waals surface area contributed by atoms with Crippen molar-refractivity contribution in [2.45, 2.75) is 9.79 Å². The quantitative estimate of drug-likeness (QED) is 0.534. The number of anilines is 3. The molecule has 1 heterocycles. The third-order valence-electron chi connectivity index (χ3n) is 3.45. The maximum atomic E-state index is 13.9. The summed E-state index contributed by atoms with van der Waals surface area (Å²) in [6.45, 7) is 0. The molecule has 28 heavy (non-hydrogen) atoms. The molecule has 2 aromatic carbocycles. The average molecular weight is 430 g/mol. The van der Waals surface area contributed by atoms with Crippen LogP contribution in [-0.4, -0.2) is 31.0 Å². The van der Waals surface area contributed by atoms with Gasteiger partial charge < -0.3 is 11.1 Å². The summed E-state index contributed by atoms with van der Waals surface area (Å²) >= 11 is 0. The Morgan fingerprint density at radius 2 is 1.54 bits per heavy atom. The molecule has 0 saturated heterocycles. The number of nitrogens with zero attached hydrogens (tertiary/aromatic N) is 3. The van der Waals surface area contributed by atoms with Gasteiger partial charge in [-0.25, -0.2) is 22.3 Å². The Morgan fingerprint density at radius 3 is 2.07 bits per heavy atom. The standard InChI is InChI=1S/C14H12F2N6O4S2/c15-10-2-1-3-11(16)12(10)28(25,26)22-13(17)20-14(21-22)19-8-4-6-9(7-5-8)27(18,23)24/h1-7H,(H2,18,23,24)(H3,17,19,20,21). The Balaban J connectivity index is 1.95. The van der Waals surface area contributed by atoms with Crippen molar-refractivity contribution in [2.75, 3.05) is 11.1 Å². The lowest BCUT2D eigenvalue weighted by Crippen LogP contribution is -2.19. The van der Waals surface area contributed by atoms with Gasteiger partial charge in [-0.15, -0.1) is 9.19 Å². The Labute approximate surface area is 157 Å². The molecule has 3 aromatic rings. The second-order valence-corrected chi connectivity index (χ2v) is 8.65. The van der Waals surface area contributed by atoms with Gasteiger partial charge in [-0.05, 0) is 36.4 Å². The highest BCUT2D eigenvalue weighted by Crippen LogP contribution is 2.24. The summed E-state index contributed by atoms with van der Waals surface area (Å²) in [6, 6.07) is 7.59. The van der Waals surface area contributed by atoms with Gasteiger partial charge in [0.15, 0.2) is 4.90 Å². The summed E-state index contributed by atoms with van der Waals surface area (Å²) in [4.78, 5) is 2.31. The number of sulfonamides is 1. The first-order valence-electron chi connectivity index (χ1n) is 7.32. The van der Waals surface area contributed by atoms with Crippen LogP contribution in [0.3, 0.4) is 0 Å². The van der Waals surface area contributed by atoms with Crippen molar-refractivity contribution >= 4 is 37.6 Å². The van der Waals surface area contributed by atoms with Crippen LogP contribution in [0.2, 0.25) is 0 Å². The van der Waals surface area contributed by atoms with Gasteiger partial charge in [-0.1, -0.05) is 6.07 Å². The van der Waals surface area contributed by atoms with E-state index >= 15 is 0 Å². The normalized spacial score (nSPS) is 12.1. The van der Waals surface area contributed by atoms with E-state index in [1.807, 2.05) is 0 Å². The molecule has 148 valence electrons. The maximum Gasteiger partial charge on any atom is 0.292 e. The smallest absolute Gasteiger partial charge is 0.292 e. The van der Waals surface area contributed by atoms with Crippen LogP contribution in [0.15, 0.2) is 52.3 Å². The molecule has 0 aliphatic rings. The first kappa shape index (κ1) is 19.7. The van der Waals surface area contributed by atoms with Crippen LogP contribution in [0.5, 0.6) is 0 Å². The van der Waals surface area contributed by atoms with E-state index in [1.54, 1.807) is 0 Å². The second-order valence-electron chi connectivity index (χ2n) is 5.39. The minimum atomic E-state index is -4.80. The Hall–Kier alpha value is -3.10. The van der Waals surface area contributed by atoms with Crippen molar-refractivity contribution in [3.63, 3.8) is 0 Å². The Kier molecular flexibility index (Phi) is 4.78. The molecule has 0 radical (unpaired) electrons. The molecule has 5 N–H and O–H groups in total. The predicted molar refractivity (Wildman–Crippen MR) is 94.5 cm³/mol. The third-order valence-corrected chi connectivity index (χ3v) is 6.00. The summed E-state index contributed by atoms with van der Waals surface area (Å²) in [6.07, 6.45) is 0. The van der Waals surface area contributed by atoms with Gasteiger partial charge in [-0.3, -0.25) is 0 Å². The van der Waals surface area contributed by atoms with Crippen LogP contribution in [0.1, 0.15) is 0 Å². The van der Waals surface area contributed by atoms with Crippen molar-refractivity contribution < 1.29 is 25.6 Å². The minimum absolute atomic E-state index is 0.145. The highest BCUT2D eigenvalue weighted by atomic mass is 32.2. The highest BCUT2D eigenvalue weighted by molar-refractivity contribution is 7.90. The molecule has 14 heteroatoms. The first-order valence-corrected chi connectivity index (χ1v) is 10.3. The largest absolute Gasteiger partial charge is 0.367 e. The predicted octanol–water partition coefficient (Wildman–Crippen LogP) is 0.766. The van der Waals surface area contributed by atoms with E-state index in [9.17, 15) is 25.6 Å². The minimum Gasteiger partial charge on any atom is -0.367 e. The molecule has 0 spiro atoms. The van der Waals surface area contributed by atoms with E-state index in [1.165, 1.54) is 24.3 Å². The fourth-order valence-corrected chi connectivity index (χ4v) is 4.00. The molecule has 0 amide bonds. The van der Waals surface area contributed by atoms with Crippen LogP contribution in [-0.2, 0) is 20.0 Å². The molecule has 0 aliphatic carbocycles. The number of halogens is 2. The van der Waals surface area contributed by atoms with Crippen LogP contribution in [0.4, 0.5) is 26.4 Å². The first-order chi connectivity index (χ1) is 13.0. The van der Waals surface area contributed by atoms with Crippen molar-refractivity contribution in [1.82, 2.24) is 14.2 Å². The Morgan fingerprint density at radius 1 is 0.964 bits per heavy atom. The summed E-state index contributed by atoms with van der Waals surface area (Å²) < 4.78 is 75.4. The number of primary sulfonamides is 1. The van der Waals surface area contributed by atoms with Crippen LogP contribution >= 0.6 is 0 Å². The molecule has 1 aromatic heterocycles. The van der Waals surface area contributed by atoms with Crippen molar-refractivity contribution in [2.24, 2.45) is 5.14 Å². The third kappa shape index (κ3) is 3.64. The van der Waals surface area contributed by atoms with Crippen LogP contribution in [0.25, 0.3) is 0 Å². The van der Waals surface area contributed by atoms with Crippen LogP contribution < -0.4 is 16.2 Å². The zero-order valence-corrected chi connectivity index (χ0v) is 15.4. The molecule has 0 fully saturated rings. The zero-order valence-electron chi connectivity index (χ0n) is 13.7. The average Bonchev–Trinajstić information content (AvgIpc) is 2.95. The highest BCUT2D eigenvalue weighted by Gasteiger charge is 2.29. The van der Waals surface area contributed by atoms with Crippen molar-refractivity contribution in [3.8, 4) is 0 Å². The van der Waals surface area contributed by atoms with Crippen molar-refractivity contribution in [1.29, 1.82) is 0 Å². The molecule has 0 aliphatic heterocycles. The molecular weight excluding hydrogens is 418 g/mol. The number of hydrogen-bond acceptors (Lipinski definition) is 8. The van der Waals surface area contributed by atoms with Crippen molar-refractivity contribution in [3.05, 3.63) is 54.1 Å². The lowest BCUT2D eigenvalue weighted by Gasteiger charge is -2.07. The van der Waals surface area contributed by atoms with Gasteiger partial charge in [-0.2, -0.15) is 13.4 Å². The van der Waals surface area contributed by atoms with E-state index in [0.29, 0.717) is 0 Å². The zero-order chi connectivity index (χ0) is 20.7. The summed E-state index contributed by atoms with van der Waals surface area (Å²) in [5, 5.41) is 11.2. The summed E-state index contributed by atoms with van der Waals surface area (Å²) in [7, 11) is -8.68. The van der Waals surface area contributed by atoms with E-state index < -0.39 is 42.5 Å². The molecule has 10 nitrogen and oxygen atoms in total. The number of hydrogen-bond donors (Lipinski definition) is 3. The fraction of sp³-hybridized carbons (Fsp3) is 0. The lowest BCUT2D eigenvalue weighted by atomic mass is 10.3. The number of benzene rings is 2. The van der Waals surface area contributed by atoms with Gasteiger partial charge >= 0.3 is 0 Å². The second kappa shape index (κ2) is 6.81. The van der Waals surface area contributed by atoms with E-state index in [4.69, 9.17) is 10.9 Å². The monoisotopic (exact) mass is 430 g/mol. The van der Waals surface area contributed by atoms with Crippen LogP contribution in [0, 0.1) is 11.6 Å². The number of nitrogen functional groups attached to an aromatic ring is 1. The molecule has 0 unspecified atom stereocenters. The SMILES string of the molecule is Nc1nc(Nc2ccc(S(N)(=O)=O)cc2)nn1S(=O)(=O)c1c(F)cccc1F. The molecule has 0 saturated carbocycles. The number of aromatic nitrogens is 3. The fourth-order valence-electron chi connectivity index (χ4n) is 2.21. The number of rotatable bonds is 5.